The molecule has 4 N–H and O–H groups in total. The molecule has 1 aliphatic carbocycles. The number of thioether (sulfide) groups is 1. The SMILES string of the molecule is COc1ccc(C(O)CSC2C(=O)N(c3ccc(F)cc3)C2c2ccc(OCC(=O)NCC(=O)NC(CC(=O)O)C3CCCCC3)cc2)cc1. The fourth-order valence-corrected chi connectivity index (χ4v) is 7.71. The Balaban J connectivity index is 1.16. The Morgan fingerprint density at radius 2 is 1.60 bits per heavy atom. The van der Waals surface area contributed by atoms with Crippen molar-refractivity contribution in [3.63, 3.8) is 0 Å². The summed E-state index contributed by atoms with van der Waals surface area (Å²) in [6.45, 7) is -0.649. The monoisotopic (exact) mass is 707 g/mol. The maximum absolute atomic E-state index is 13.7. The number of nitrogens with zero attached hydrogens (tertiary/aromatic N) is 1. The first-order chi connectivity index (χ1) is 24.1. The second-order valence-electron chi connectivity index (χ2n) is 12.5. The van der Waals surface area contributed by atoms with Crippen molar-refractivity contribution in [3.05, 3.63) is 89.7 Å². The van der Waals surface area contributed by atoms with Crippen molar-refractivity contribution < 1.29 is 43.3 Å². The fraction of sp³-hybridized carbons (Fsp3) is 0.405. The number of benzene rings is 3. The van der Waals surface area contributed by atoms with E-state index >= 15 is 0 Å². The number of ether oxygens (including phenoxy) is 2. The second-order valence-corrected chi connectivity index (χ2v) is 13.7. The van der Waals surface area contributed by atoms with E-state index in [2.05, 4.69) is 10.6 Å². The number of nitrogens with one attached hydrogen (secondary N) is 2. The molecule has 3 amide bonds. The highest BCUT2D eigenvalue weighted by Crippen LogP contribution is 2.46. The van der Waals surface area contributed by atoms with Gasteiger partial charge in [-0.3, -0.25) is 19.2 Å². The van der Waals surface area contributed by atoms with E-state index in [9.17, 15) is 33.8 Å². The summed E-state index contributed by atoms with van der Waals surface area (Å²) in [4.78, 5) is 51.4. The van der Waals surface area contributed by atoms with Crippen LogP contribution in [0.2, 0.25) is 0 Å². The van der Waals surface area contributed by atoms with Crippen LogP contribution in [0.15, 0.2) is 72.8 Å². The van der Waals surface area contributed by atoms with Crippen LogP contribution in [0.4, 0.5) is 10.1 Å². The van der Waals surface area contributed by atoms with Crippen LogP contribution in [0.1, 0.15) is 61.8 Å². The summed E-state index contributed by atoms with van der Waals surface area (Å²) in [7, 11) is 1.57. The minimum absolute atomic E-state index is 0.103. The second kappa shape index (κ2) is 17.3. The van der Waals surface area contributed by atoms with E-state index in [0.717, 1.165) is 37.7 Å². The summed E-state index contributed by atoms with van der Waals surface area (Å²) in [5.74, 6) is -1.09. The zero-order valence-corrected chi connectivity index (χ0v) is 28.6. The number of methoxy groups -OCH3 is 1. The molecule has 0 aromatic heterocycles. The number of amides is 3. The van der Waals surface area contributed by atoms with Crippen molar-refractivity contribution in [2.75, 3.05) is 30.9 Å². The van der Waals surface area contributed by atoms with Gasteiger partial charge in [-0.2, -0.15) is 0 Å². The Kier molecular flexibility index (Phi) is 12.7. The Morgan fingerprint density at radius 1 is 0.940 bits per heavy atom. The zero-order valence-electron chi connectivity index (χ0n) is 27.8. The zero-order chi connectivity index (χ0) is 35.6. The summed E-state index contributed by atoms with van der Waals surface area (Å²) in [6.07, 6.45) is 3.88. The molecular formula is C37H42FN3O8S. The third kappa shape index (κ3) is 9.54. The lowest BCUT2D eigenvalue weighted by Crippen LogP contribution is -2.57. The van der Waals surface area contributed by atoms with Crippen LogP contribution in [0, 0.1) is 11.7 Å². The van der Waals surface area contributed by atoms with Gasteiger partial charge in [-0.1, -0.05) is 43.5 Å². The summed E-state index contributed by atoms with van der Waals surface area (Å²) in [5, 5.41) is 24.9. The molecule has 3 aromatic rings. The van der Waals surface area contributed by atoms with Gasteiger partial charge in [0, 0.05) is 17.5 Å². The topological polar surface area (TPSA) is 154 Å². The highest BCUT2D eigenvalue weighted by molar-refractivity contribution is 8.00. The molecule has 0 bridgehead atoms. The number of carbonyl (C=O) groups excluding carboxylic acids is 3. The highest BCUT2D eigenvalue weighted by Gasteiger charge is 2.49. The maximum Gasteiger partial charge on any atom is 0.305 e. The highest BCUT2D eigenvalue weighted by atomic mass is 32.2. The lowest BCUT2D eigenvalue weighted by Gasteiger charge is -2.47. The van der Waals surface area contributed by atoms with Crippen molar-refractivity contribution in [3.8, 4) is 11.5 Å². The van der Waals surface area contributed by atoms with Gasteiger partial charge in [0.25, 0.3) is 5.91 Å². The molecule has 2 aliphatic rings. The number of carboxylic acid groups (broad SMARTS) is 1. The van der Waals surface area contributed by atoms with Gasteiger partial charge in [-0.05, 0) is 78.4 Å². The number of aliphatic carboxylic acids is 1. The van der Waals surface area contributed by atoms with E-state index in [-0.39, 0.29) is 37.2 Å². The van der Waals surface area contributed by atoms with Gasteiger partial charge in [0.15, 0.2) is 6.61 Å². The predicted octanol–water partition coefficient (Wildman–Crippen LogP) is 4.79. The van der Waals surface area contributed by atoms with Crippen molar-refractivity contribution >= 4 is 41.1 Å². The van der Waals surface area contributed by atoms with Gasteiger partial charge >= 0.3 is 5.97 Å². The molecule has 0 radical (unpaired) electrons. The molecule has 1 saturated heterocycles. The van der Waals surface area contributed by atoms with E-state index < -0.39 is 47.0 Å². The molecule has 1 heterocycles. The molecule has 1 saturated carbocycles. The Bertz CT molecular complexity index is 1620. The normalized spacial score (nSPS) is 18.8. The van der Waals surface area contributed by atoms with E-state index in [0.29, 0.717) is 22.7 Å². The summed E-state index contributed by atoms with van der Waals surface area (Å²) in [6, 6.07) is 18.8. The largest absolute Gasteiger partial charge is 0.497 e. The maximum atomic E-state index is 13.7. The van der Waals surface area contributed by atoms with Crippen LogP contribution >= 0.6 is 11.8 Å². The van der Waals surface area contributed by atoms with Gasteiger partial charge in [0.05, 0.1) is 32.2 Å². The molecule has 0 spiro atoms. The van der Waals surface area contributed by atoms with Crippen LogP contribution in [-0.4, -0.2) is 71.2 Å². The number of aliphatic hydroxyl groups excluding tert-OH is 1. The number of β-lactam (4-membered cyclic amide) rings is 1. The molecule has 11 nitrogen and oxygen atoms in total. The van der Waals surface area contributed by atoms with Gasteiger partial charge in [0.1, 0.15) is 22.6 Å². The minimum Gasteiger partial charge on any atom is -0.497 e. The molecule has 4 atom stereocenters. The first-order valence-corrected chi connectivity index (χ1v) is 17.7. The number of aliphatic hydroxyl groups is 1. The number of carbonyl (C=O) groups is 4. The first-order valence-electron chi connectivity index (χ1n) is 16.7. The summed E-state index contributed by atoms with van der Waals surface area (Å²) >= 11 is 1.34. The number of anilines is 1. The van der Waals surface area contributed by atoms with Crippen molar-refractivity contribution in [1.29, 1.82) is 0 Å². The van der Waals surface area contributed by atoms with Gasteiger partial charge in [0.2, 0.25) is 11.8 Å². The standard InChI is InChI=1S/C37H42FN3O8S/c1-48-28-15-7-24(8-16-28)31(42)22-50-36-35(41(37(36)47)27-13-11-26(38)12-14-27)25-9-17-29(18-10-25)49-21-33(44)39-20-32(43)40-30(19-34(45)46)23-5-3-2-4-6-23/h7-18,23,30-31,35-36,42H,2-6,19-22H2,1H3,(H,39,44)(H,40,43)(H,45,46). The minimum atomic E-state index is -0.978. The fourth-order valence-electron chi connectivity index (χ4n) is 6.41. The number of halogens is 1. The molecule has 13 heteroatoms. The predicted molar refractivity (Wildman–Crippen MR) is 187 cm³/mol. The lowest BCUT2D eigenvalue weighted by molar-refractivity contribution is -0.138. The molecule has 5 rings (SSSR count). The van der Waals surface area contributed by atoms with Crippen LogP contribution < -0.4 is 25.0 Å². The number of hydrogen-bond donors (Lipinski definition) is 4. The smallest absolute Gasteiger partial charge is 0.305 e. The van der Waals surface area contributed by atoms with E-state index in [1.165, 1.54) is 23.9 Å². The summed E-state index contributed by atoms with van der Waals surface area (Å²) in [5.41, 5.74) is 2.03. The van der Waals surface area contributed by atoms with Crippen molar-refractivity contribution in [2.24, 2.45) is 5.92 Å². The van der Waals surface area contributed by atoms with Gasteiger partial charge in [-0.25, -0.2) is 4.39 Å². The number of rotatable bonds is 16. The molecule has 2 fully saturated rings. The third-order valence-electron chi connectivity index (χ3n) is 9.08. The average molecular weight is 708 g/mol. The lowest BCUT2D eigenvalue weighted by atomic mass is 9.82. The van der Waals surface area contributed by atoms with Crippen LogP contribution in [0.25, 0.3) is 0 Å². The Hall–Kier alpha value is -4.62. The van der Waals surface area contributed by atoms with E-state index in [1.807, 2.05) is 0 Å². The van der Waals surface area contributed by atoms with Gasteiger partial charge < -0.3 is 35.2 Å². The molecule has 50 heavy (non-hydrogen) atoms. The quantitative estimate of drug-likeness (QED) is 0.154. The molecule has 1 aliphatic heterocycles. The van der Waals surface area contributed by atoms with Crippen molar-refractivity contribution in [2.45, 2.75) is 62.0 Å². The summed E-state index contributed by atoms with van der Waals surface area (Å²) < 4.78 is 24.5. The van der Waals surface area contributed by atoms with Crippen LogP contribution in [-0.2, 0) is 19.2 Å². The van der Waals surface area contributed by atoms with E-state index in [1.54, 1.807) is 72.7 Å². The Morgan fingerprint density at radius 3 is 2.24 bits per heavy atom. The molecule has 3 aromatic carbocycles. The van der Waals surface area contributed by atoms with Gasteiger partial charge in [-0.15, -0.1) is 11.8 Å². The number of carboxylic acids is 1. The van der Waals surface area contributed by atoms with Crippen LogP contribution in [0.5, 0.6) is 11.5 Å². The molecule has 266 valence electrons. The third-order valence-corrected chi connectivity index (χ3v) is 10.4. The van der Waals surface area contributed by atoms with Crippen molar-refractivity contribution in [1.82, 2.24) is 10.6 Å². The Labute approximate surface area is 294 Å². The number of hydrogen-bond acceptors (Lipinski definition) is 8. The van der Waals surface area contributed by atoms with Crippen LogP contribution in [0.3, 0.4) is 0 Å². The van der Waals surface area contributed by atoms with E-state index in [4.69, 9.17) is 9.47 Å². The molecule has 4 unspecified atom stereocenters. The average Bonchev–Trinajstić information content (AvgIpc) is 3.13. The molecular weight excluding hydrogens is 665 g/mol. The first kappa shape index (κ1) is 36.7.